The smallest absolute Gasteiger partial charge is 0.327 e. The maximum Gasteiger partial charge on any atom is 0.327 e. The van der Waals surface area contributed by atoms with Crippen LogP contribution in [0.5, 0.6) is 0 Å². The fourth-order valence-electron chi connectivity index (χ4n) is 2.39. The number of hydrogen-bond acceptors (Lipinski definition) is 5. The Morgan fingerprint density at radius 3 is 2.59 bits per heavy atom. The first-order valence-electron chi connectivity index (χ1n) is 6.30. The number of hydrogen-bond donors (Lipinski definition) is 2. The summed E-state index contributed by atoms with van der Waals surface area (Å²) in [5, 5.41) is 0. The molecule has 1 aliphatic carbocycles. The van der Waals surface area contributed by atoms with Gasteiger partial charge in [-0.3, -0.25) is 4.79 Å². The lowest BCUT2D eigenvalue weighted by atomic mass is 9.75. The fourth-order valence-corrected chi connectivity index (χ4v) is 2.39. The number of rotatable bonds is 5. The molecule has 0 amide bonds. The van der Waals surface area contributed by atoms with Crippen LogP contribution in [0.3, 0.4) is 0 Å². The third kappa shape index (κ3) is 5.02. The maximum atomic E-state index is 11.1. The van der Waals surface area contributed by atoms with Gasteiger partial charge in [0, 0.05) is 12.6 Å². The van der Waals surface area contributed by atoms with E-state index in [0.717, 1.165) is 6.54 Å². The van der Waals surface area contributed by atoms with Gasteiger partial charge in [-0.25, -0.2) is 5.84 Å². The molecule has 0 aromatic carbocycles. The standard InChI is InChI=1S/C12H25N3O2/c1-12(2)7-4-10(5-8-12)15(3)9-6-11(16)17-14-13/h10,14H,4-9,13H2,1-3H3. The Bertz CT molecular complexity index is 246. The van der Waals surface area contributed by atoms with Crippen LogP contribution in [0.25, 0.3) is 0 Å². The predicted molar refractivity (Wildman–Crippen MR) is 66.7 cm³/mol. The Morgan fingerprint density at radius 2 is 2.06 bits per heavy atom. The second-order valence-corrected chi connectivity index (χ2v) is 5.72. The second-order valence-electron chi connectivity index (χ2n) is 5.72. The average molecular weight is 243 g/mol. The van der Waals surface area contributed by atoms with Crippen molar-refractivity contribution < 1.29 is 9.63 Å². The maximum absolute atomic E-state index is 11.1. The molecule has 0 aromatic heterocycles. The van der Waals surface area contributed by atoms with E-state index in [0.29, 0.717) is 17.9 Å². The number of nitrogens with two attached hydrogens (primary N) is 1. The summed E-state index contributed by atoms with van der Waals surface area (Å²) in [5.74, 6) is 4.59. The van der Waals surface area contributed by atoms with Crippen LogP contribution in [0.2, 0.25) is 0 Å². The van der Waals surface area contributed by atoms with Crippen molar-refractivity contribution in [2.75, 3.05) is 13.6 Å². The van der Waals surface area contributed by atoms with E-state index in [1.807, 2.05) is 5.59 Å². The lowest BCUT2D eigenvalue weighted by Gasteiger charge is -2.38. The molecule has 3 N–H and O–H groups in total. The van der Waals surface area contributed by atoms with E-state index >= 15 is 0 Å². The SMILES string of the molecule is CN(CCC(=O)ONN)C1CCC(C)(C)CC1. The van der Waals surface area contributed by atoms with Crippen LogP contribution in [0.4, 0.5) is 0 Å². The number of nitrogens with one attached hydrogen (secondary N) is 1. The highest BCUT2D eigenvalue weighted by atomic mass is 16.7. The Labute approximate surface area is 104 Å². The number of carbonyl (C=O) groups excluding carboxylic acids is 1. The highest BCUT2D eigenvalue weighted by Crippen LogP contribution is 2.36. The average Bonchev–Trinajstić information content (AvgIpc) is 2.26. The quantitative estimate of drug-likeness (QED) is 0.561. The van der Waals surface area contributed by atoms with Crippen LogP contribution in [0, 0.1) is 5.41 Å². The van der Waals surface area contributed by atoms with Gasteiger partial charge in [-0.2, -0.15) is 0 Å². The summed E-state index contributed by atoms with van der Waals surface area (Å²) >= 11 is 0. The van der Waals surface area contributed by atoms with Gasteiger partial charge in [-0.1, -0.05) is 19.4 Å². The molecule has 1 fully saturated rings. The zero-order valence-electron chi connectivity index (χ0n) is 11.2. The van der Waals surface area contributed by atoms with Gasteiger partial charge in [0.1, 0.15) is 0 Å². The van der Waals surface area contributed by atoms with E-state index in [4.69, 9.17) is 5.84 Å². The molecule has 0 heterocycles. The molecule has 0 radical (unpaired) electrons. The summed E-state index contributed by atoms with van der Waals surface area (Å²) in [6.45, 7) is 5.38. The second kappa shape index (κ2) is 6.33. The molecule has 100 valence electrons. The molecule has 5 nitrogen and oxygen atoms in total. The van der Waals surface area contributed by atoms with E-state index in [1.54, 1.807) is 0 Å². The number of carbonyl (C=O) groups is 1. The fraction of sp³-hybridized carbons (Fsp3) is 0.917. The minimum atomic E-state index is -0.310. The van der Waals surface area contributed by atoms with E-state index < -0.39 is 0 Å². The van der Waals surface area contributed by atoms with Crippen molar-refractivity contribution in [2.24, 2.45) is 11.3 Å². The molecule has 5 heteroatoms. The molecule has 0 spiro atoms. The normalized spacial score (nSPS) is 20.5. The van der Waals surface area contributed by atoms with Gasteiger partial charge < -0.3 is 9.74 Å². The Kier molecular flexibility index (Phi) is 5.36. The van der Waals surface area contributed by atoms with Crippen LogP contribution < -0.4 is 11.4 Å². The zero-order chi connectivity index (χ0) is 12.9. The van der Waals surface area contributed by atoms with Gasteiger partial charge >= 0.3 is 5.97 Å². The molecule has 1 aliphatic rings. The van der Waals surface area contributed by atoms with E-state index in [2.05, 4.69) is 30.6 Å². The Hall–Kier alpha value is -0.650. The van der Waals surface area contributed by atoms with Crippen molar-refractivity contribution in [3.8, 4) is 0 Å². The van der Waals surface area contributed by atoms with Crippen molar-refractivity contribution in [1.29, 1.82) is 0 Å². The third-order valence-electron chi connectivity index (χ3n) is 3.77. The van der Waals surface area contributed by atoms with Crippen molar-refractivity contribution in [2.45, 2.75) is 52.0 Å². The van der Waals surface area contributed by atoms with Crippen LogP contribution >= 0.6 is 0 Å². The first-order valence-corrected chi connectivity index (χ1v) is 6.30. The summed E-state index contributed by atoms with van der Waals surface area (Å²) in [6, 6.07) is 0.599. The minimum absolute atomic E-state index is 0.310. The van der Waals surface area contributed by atoms with Gasteiger partial charge in [-0.15, -0.1) is 0 Å². The first-order chi connectivity index (χ1) is 7.94. The van der Waals surface area contributed by atoms with Gasteiger partial charge in [0.2, 0.25) is 0 Å². The molecule has 0 atom stereocenters. The number of hydrazine groups is 1. The molecule has 1 rings (SSSR count). The largest absolute Gasteiger partial charge is 0.356 e. The Morgan fingerprint density at radius 1 is 1.47 bits per heavy atom. The lowest BCUT2D eigenvalue weighted by molar-refractivity contribution is -0.151. The van der Waals surface area contributed by atoms with Crippen molar-refractivity contribution in [3.05, 3.63) is 0 Å². The van der Waals surface area contributed by atoms with Crippen LogP contribution in [-0.4, -0.2) is 30.5 Å². The van der Waals surface area contributed by atoms with E-state index in [-0.39, 0.29) is 5.97 Å². The molecule has 0 bridgehead atoms. The monoisotopic (exact) mass is 243 g/mol. The summed E-state index contributed by atoms with van der Waals surface area (Å²) in [5.41, 5.74) is 2.40. The van der Waals surface area contributed by atoms with Gasteiger partial charge in [0.15, 0.2) is 0 Å². The Balaban J connectivity index is 2.25. The molecule has 0 aliphatic heterocycles. The highest BCUT2D eigenvalue weighted by Gasteiger charge is 2.28. The summed E-state index contributed by atoms with van der Waals surface area (Å²) in [7, 11) is 2.08. The van der Waals surface area contributed by atoms with Gasteiger partial charge in [0.25, 0.3) is 0 Å². The summed E-state index contributed by atoms with van der Waals surface area (Å²) < 4.78 is 0. The van der Waals surface area contributed by atoms with Crippen LogP contribution in [-0.2, 0) is 9.63 Å². The molecule has 1 saturated carbocycles. The van der Waals surface area contributed by atoms with Crippen molar-refractivity contribution in [3.63, 3.8) is 0 Å². The summed E-state index contributed by atoms with van der Waals surface area (Å²) in [6.07, 6.45) is 5.33. The van der Waals surface area contributed by atoms with Gasteiger partial charge in [0.05, 0.1) is 6.42 Å². The van der Waals surface area contributed by atoms with Crippen LogP contribution in [0.15, 0.2) is 0 Å². The lowest BCUT2D eigenvalue weighted by Crippen LogP contribution is -2.38. The summed E-state index contributed by atoms with van der Waals surface area (Å²) in [4.78, 5) is 17.9. The highest BCUT2D eigenvalue weighted by molar-refractivity contribution is 5.69. The molecular weight excluding hydrogens is 218 g/mol. The van der Waals surface area contributed by atoms with Crippen molar-refractivity contribution >= 4 is 5.97 Å². The molecular formula is C12H25N3O2. The first kappa shape index (κ1) is 14.4. The minimum Gasteiger partial charge on any atom is -0.356 e. The van der Waals surface area contributed by atoms with E-state index in [1.165, 1.54) is 25.7 Å². The van der Waals surface area contributed by atoms with E-state index in [9.17, 15) is 4.79 Å². The van der Waals surface area contributed by atoms with Crippen molar-refractivity contribution in [1.82, 2.24) is 10.5 Å². The third-order valence-corrected chi connectivity index (χ3v) is 3.77. The molecule has 0 unspecified atom stereocenters. The zero-order valence-corrected chi connectivity index (χ0v) is 11.2. The van der Waals surface area contributed by atoms with Gasteiger partial charge in [-0.05, 0) is 38.1 Å². The van der Waals surface area contributed by atoms with Crippen LogP contribution in [0.1, 0.15) is 46.0 Å². The topological polar surface area (TPSA) is 67.6 Å². The molecule has 0 saturated heterocycles. The molecule has 17 heavy (non-hydrogen) atoms. The number of nitrogens with zero attached hydrogens (tertiary/aromatic N) is 1. The predicted octanol–water partition coefficient (Wildman–Crippen LogP) is 1.20. The molecule has 0 aromatic rings.